The van der Waals surface area contributed by atoms with Gasteiger partial charge >= 0.3 is 10.1 Å². The lowest BCUT2D eigenvalue weighted by Crippen LogP contribution is -2.33. The first-order chi connectivity index (χ1) is 10.9. The highest BCUT2D eigenvalue weighted by atomic mass is 32.2. The minimum atomic E-state index is -3.52. The number of benzene rings is 1. The van der Waals surface area contributed by atoms with Crippen LogP contribution in [0.4, 0.5) is 0 Å². The van der Waals surface area contributed by atoms with Gasteiger partial charge in [0, 0.05) is 32.7 Å². The van der Waals surface area contributed by atoms with Gasteiger partial charge in [0.25, 0.3) is 0 Å². The Morgan fingerprint density at radius 2 is 1.91 bits per heavy atom. The van der Waals surface area contributed by atoms with Crippen molar-refractivity contribution in [3.8, 4) is 5.75 Å². The number of rotatable bonds is 9. The first-order valence-corrected chi connectivity index (χ1v) is 9.47. The van der Waals surface area contributed by atoms with Crippen molar-refractivity contribution in [2.75, 3.05) is 26.5 Å². The molecule has 0 radical (unpaired) electrons. The molecular formula is C16H23NO5S. The summed E-state index contributed by atoms with van der Waals surface area (Å²) in [7, 11) is -1.88. The van der Waals surface area contributed by atoms with Crippen LogP contribution in [0.2, 0.25) is 0 Å². The second-order valence-corrected chi connectivity index (χ2v) is 7.39. The summed E-state index contributed by atoms with van der Waals surface area (Å²) in [6.45, 7) is 1.79. The van der Waals surface area contributed by atoms with Crippen molar-refractivity contribution in [3.05, 3.63) is 29.8 Å². The van der Waals surface area contributed by atoms with E-state index in [1.807, 2.05) is 4.90 Å². The first kappa shape index (κ1) is 17.7. The van der Waals surface area contributed by atoms with Crippen molar-refractivity contribution < 1.29 is 22.1 Å². The van der Waals surface area contributed by atoms with Gasteiger partial charge in [-0.25, -0.2) is 0 Å². The van der Waals surface area contributed by atoms with E-state index in [1.165, 1.54) is 0 Å². The Morgan fingerprint density at radius 1 is 1.26 bits per heavy atom. The molecule has 0 saturated heterocycles. The fraction of sp³-hybridized carbons (Fsp3) is 0.562. The lowest BCUT2D eigenvalue weighted by molar-refractivity contribution is -0.133. The molecule has 1 fully saturated rings. The Bertz CT molecular complexity index is 622. The maximum atomic E-state index is 12.3. The van der Waals surface area contributed by atoms with Crippen molar-refractivity contribution in [1.82, 2.24) is 4.90 Å². The third-order valence-corrected chi connectivity index (χ3v) is 4.05. The van der Waals surface area contributed by atoms with Crippen LogP contribution < -0.4 is 4.18 Å². The number of nitrogens with zero attached hydrogens (tertiary/aromatic N) is 1. The molecule has 1 aromatic rings. The van der Waals surface area contributed by atoms with Crippen LogP contribution in [0.15, 0.2) is 24.3 Å². The van der Waals surface area contributed by atoms with Crippen molar-refractivity contribution >= 4 is 16.0 Å². The molecule has 6 nitrogen and oxygen atoms in total. The van der Waals surface area contributed by atoms with Gasteiger partial charge in [-0.3, -0.25) is 4.79 Å². The number of carbonyl (C=O) groups excluding carboxylic acids is 1. The Balaban J connectivity index is 1.98. The van der Waals surface area contributed by atoms with E-state index in [2.05, 4.69) is 0 Å². The third kappa shape index (κ3) is 6.19. The fourth-order valence-electron chi connectivity index (χ4n) is 2.30. The monoisotopic (exact) mass is 341 g/mol. The normalized spacial score (nSPS) is 14.5. The third-order valence-electron chi connectivity index (χ3n) is 3.56. The van der Waals surface area contributed by atoms with E-state index in [4.69, 9.17) is 8.92 Å². The number of amides is 1. The molecule has 0 unspecified atom stereocenters. The molecule has 0 bridgehead atoms. The molecule has 1 aliphatic rings. The molecule has 0 aromatic heterocycles. The Kier molecular flexibility index (Phi) is 6.01. The Hall–Kier alpha value is -1.60. The molecule has 0 atom stereocenters. The smallest absolute Gasteiger partial charge is 0.306 e. The van der Waals surface area contributed by atoms with E-state index in [1.54, 1.807) is 31.4 Å². The van der Waals surface area contributed by atoms with Gasteiger partial charge < -0.3 is 13.8 Å². The highest BCUT2D eigenvalue weighted by Crippen LogP contribution is 2.31. The summed E-state index contributed by atoms with van der Waals surface area (Å²) in [6.07, 6.45) is 3.75. The SMILES string of the molecule is COCCCN(Cc1ccc(OS(C)(=O)=O)cc1)C(=O)C1CC1. The van der Waals surface area contributed by atoms with Crippen LogP contribution in [0, 0.1) is 5.92 Å². The minimum Gasteiger partial charge on any atom is -0.385 e. The Morgan fingerprint density at radius 3 is 2.43 bits per heavy atom. The standard InChI is InChI=1S/C16H23NO5S/c1-21-11-3-10-17(16(18)14-6-7-14)12-13-4-8-15(9-5-13)22-23(2,19)20/h4-5,8-9,14H,3,6-7,10-12H2,1-2H3. The van der Waals surface area contributed by atoms with Gasteiger partial charge in [0.2, 0.25) is 5.91 Å². The number of hydrogen-bond acceptors (Lipinski definition) is 5. The molecule has 23 heavy (non-hydrogen) atoms. The Labute approximate surface area is 137 Å². The van der Waals surface area contributed by atoms with Crippen LogP contribution in [-0.2, 0) is 26.2 Å². The zero-order chi connectivity index (χ0) is 16.9. The molecule has 1 aromatic carbocycles. The quantitative estimate of drug-likeness (QED) is 0.506. The molecule has 1 saturated carbocycles. The van der Waals surface area contributed by atoms with E-state index >= 15 is 0 Å². The van der Waals surface area contributed by atoms with E-state index in [0.29, 0.717) is 19.7 Å². The molecule has 0 heterocycles. The minimum absolute atomic E-state index is 0.172. The van der Waals surface area contributed by atoms with E-state index in [9.17, 15) is 13.2 Å². The zero-order valence-electron chi connectivity index (χ0n) is 13.5. The van der Waals surface area contributed by atoms with Crippen molar-refractivity contribution in [2.45, 2.75) is 25.8 Å². The number of methoxy groups -OCH3 is 1. The molecular weight excluding hydrogens is 318 g/mol. The maximum Gasteiger partial charge on any atom is 0.306 e. The van der Waals surface area contributed by atoms with Gasteiger partial charge in [-0.05, 0) is 37.0 Å². The van der Waals surface area contributed by atoms with Crippen LogP contribution in [0.25, 0.3) is 0 Å². The van der Waals surface area contributed by atoms with Gasteiger partial charge in [0.1, 0.15) is 5.75 Å². The van der Waals surface area contributed by atoms with Gasteiger partial charge in [-0.2, -0.15) is 8.42 Å². The van der Waals surface area contributed by atoms with Gasteiger partial charge in [-0.15, -0.1) is 0 Å². The lowest BCUT2D eigenvalue weighted by Gasteiger charge is -2.23. The summed E-state index contributed by atoms with van der Waals surface area (Å²) in [5.74, 6) is 0.638. The number of hydrogen-bond donors (Lipinski definition) is 0. The first-order valence-electron chi connectivity index (χ1n) is 7.65. The summed E-state index contributed by atoms with van der Waals surface area (Å²) >= 11 is 0. The molecule has 2 rings (SSSR count). The average molecular weight is 341 g/mol. The molecule has 7 heteroatoms. The van der Waals surface area contributed by atoms with Crippen molar-refractivity contribution in [3.63, 3.8) is 0 Å². The predicted octanol–water partition coefficient (Wildman–Crippen LogP) is 1.80. The second kappa shape index (κ2) is 7.79. The lowest BCUT2D eigenvalue weighted by atomic mass is 10.2. The van der Waals surface area contributed by atoms with E-state index in [0.717, 1.165) is 31.1 Å². The van der Waals surface area contributed by atoms with Crippen LogP contribution in [0.1, 0.15) is 24.8 Å². The fourth-order valence-corrected chi connectivity index (χ4v) is 2.76. The second-order valence-electron chi connectivity index (χ2n) is 5.81. The summed E-state index contributed by atoms with van der Waals surface area (Å²) in [6, 6.07) is 6.77. The maximum absolute atomic E-state index is 12.3. The van der Waals surface area contributed by atoms with Crippen LogP contribution in [0.5, 0.6) is 5.75 Å². The summed E-state index contributed by atoms with van der Waals surface area (Å²) in [5.41, 5.74) is 0.942. The van der Waals surface area contributed by atoms with E-state index in [-0.39, 0.29) is 17.6 Å². The van der Waals surface area contributed by atoms with Crippen LogP contribution in [0.3, 0.4) is 0 Å². The van der Waals surface area contributed by atoms with Crippen LogP contribution >= 0.6 is 0 Å². The summed E-state index contributed by atoms with van der Waals surface area (Å²) in [4.78, 5) is 14.2. The van der Waals surface area contributed by atoms with Crippen LogP contribution in [-0.4, -0.2) is 45.7 Å². The van der Waals surface area contributed by atoms with E-state index < -0.39 is 10.1 Å². The topological polar surface area (TPSA) is 72.9 Å². The molecule has 1 amide bonds. The largest absolute Gasteiger partial charge is 0.385 e. The number of carbonyl (C=O) groups is 1. The average Bonchev–Trinajstić information content (AvgIpc) is 3.31. The summed E-state index contributed by atoms with van der Waals surface area (Å²) in [5, 5.41) is 0. The molecule has 1 aliphatic carbocycles. The molecule has 0 aliphatic heterocycles. The van der Waals surface area contributed by atoms with Crippen molar-refractivity contribution in [2.24, 2.45) is 5.92 Å². The van der Waals surface area contributed by atoms with Crippen molar-refractivity contribution in [1.29, 1.82) is 0 Å². The molecule has 0 spiro atoms. The highest BCUT2D eigenvalue weighted by Gasteiger charge is 2.33. The van der Waals surface area contributed by atoms with Gasteiger partial charge in [0.05, 0.1) is 6.26 Å². The number of ether oxygens (including phenoxy) is 1. The molecule has 128 valence electrons. The van der Waals surface area contributed by atoms with Gasteiger partial charge in [-0.1, -0.05) is 12.1 Å². The zero-order valence-corrected chi connectivity index (χ0v) is 14.3. The highest BCUT2D eigenvalue weighted by molar-refractivity contribution is 7.86. The van der Waals surface area contributed by atoms with Gasteiger partial charge in [0.15, 0.2) is 0 Å². The molecule has 0 N–H and O–H groups in total. The summed E-state index contributed by atoms with van der Waals surface area (Å²) < 4.78 is 32.0. The predicted molar refractivity (Wildman–Crippen MR) is 86.5 cm³/mol.